The lowest BCUT2D eigenvalue weighted by Crippen LogP contribution is -2.31. The number of Topliss-reactive ketones (excluding diaryl/α,β-unsaturated/α-hetero) is 1. The lowest BCUT2D eigenvalue weighted by molar-refractivity contribution is -0.120. The number of carbonyl (C=O) groups excluding carboxylic acids is 1. The van der Waals surface area contributed by atoms with Crippen molar-refractivity contribution in [2.24, 2.45) is 5.92 Å². The first-order valence-electron chi connectivity index (χ1n) is 5.48. The first-order chi connectivity index (χ1) is 7.86. The van der Waals surface area contributed by atoms with Crippen molar-refractivity contribution in [2.75, 3.05) is 6.54 Å². The Morgan fingerprint density at radius 2 is 2.06 bits per heavy atom. The smallest absolute Gasteiger partial charge is 0.250 e. The number of thiophene rings is 1. The standard InChI is InChI=1S/C11H17NO3S2/c1-4-9-5-6-11(16-9)17(14,15)12-7-10(13)8(2)3/h5-6,8,12H,4,7H2,1-3H3. The van der Waals surface area contributed by atoms with Crippen LogP contribution in [0.1, 0.15) is 25.6 Å². The zero-order chi connectivity index (χ0) is 13.1. The summed E-state index contributed by atoms with van der Waals surface area (Å²) in [6.07, 6.45) is 0.811. The Morgan fingerprint density at radius 3 is 2.53 bits per heavy atom. The van der Waals surface area contributed by atoms with Crippen molar-refractivity contribution in [3.8, 4) is 0 Å². The number of sulfonamides is 1. The van der Waals surface area contributed by atoms with Gasteiger partial charge in [0, 0.05) is 10.8 Å². The minimum absolute atomic E-state index is 0.110. The van der Waals surface area contributed by atoms with E-state index >= 15 is 0 Å². The SMILES string of the molecule is CCc1ccc(S(=O)(=O)NCC(=O)C(C)C)s1. The normalized spacial score (nSPS) is 12.0. The van der Waals surface area contributed by atoms with Crippen LogP contribution >= 0.6 is 11.3 Å². The van der Waals surface area contributed by atoms with Crippen molar-refractivity contribution in [3.05, 3.63) is 17.0 Å². The predicted molar refractivity (Wildman–Crippen MR) is 68.7 cm³/mol. The highest BCUT2D eigenvalue weighted by Gasteiger charge is 2.18. The van der Waals surface area contributed by atoms with Crippen molar-refractivity contribution in [2.45, 2.75) is 31.4 Å². The molecule has 0 amide bonds. The second-order valence-electron chi connectivity index (χ2n) is 4.02. The zero-order valence-corrected chi connectivity index (χ0v) is 11.8. The van der Waals surface area contributed by atoms with E-state index in [0.717, 1.165) is 11.3 Å². The monoisotopic (exact) mass is 275 g/mol. The molecule has 96 valence electrons. The van der Waals surface area contributed by atoms with Crippen molar-refractivity contribution in [1.29, 1.82) is 0 Å². The molecule has 1 aromatic heterocycles. The van der Waals surface area contributed by atoms with Gasteiger partial charge in [-0.1, -0.05) is 20.8 Å². The molecule has 1 aromatic rings. The molecule has 0 aliphatic carbocycles. The lowest BCUT2D eigenvalue weighted by atomic mass is 10.1. The van der Waals surface area contributed by atoms with E-state index in [1.165, 1.54) is 11.3 Å². The maximum Gasteiger partial charge on any atom is 0.250 e. The van der Waals surface area contributed by atoms with Crippen LogP contribution in [0.4, 0.5) is 0 Å². The molecule has 0 saturated carbocycles. The first-order valence-corrected chi connectivity index (χ1v) is 7.78. The summed E-state index contributed by atoms with van der Waals surface area (Å²) in [6, 6.07) is 3.37. The van der Waals surface area contributed by atoms with Gasteiger partial charge in [0.15, 0.2) is 0 Å². The molecular weight excluding hydrogens is 258 g/mol. The molecule has 17 heavy (non-hydrogen) atoms. The molecule has 0 radical (unpaired) electrons. The van der Waals surface area contributed by atoms with E-state index in [1.54, 1.807) is 26.0 Å². The van der Waals surface area contributed by atoms with E-state index in [-0.39, 0.29) is 22.5 Å². The molecule has 0 atom stereocenters. The fraction of sp³-hybridized carbons (Fsp3) is 0.545. The summed E-state index contributed by atoms with van der Waals surface area (Å²) >= 11 is 1.24. The van der Waals surface area contributed by atoms with E-state index in [9.17, 15) is 13.2 Å². The third-order valence-electron chi connectivity index (χ3n) is 2.33. The van der Waals surface area contributed by atoms with Gasteiger partial charge in [-0.05, 0) is 18.6 Å². The Labute approximate surface area is 106 Å². The van der Waals surface area contributed by atoms with E-state index in [2.05, 4.69) is 4.72 Å². The second-order valence-corrected chi connectivity index (χ2v) is 7.18. The molecule has 6 heteroatoms. The average molecular weight is 275 g/mol. The second kappa shape index (κ2) is 5.75. The number of carbonyl (C=O) groups is 1. The maximum atomic E-state index is 11.8. The van der Waals surface area contributed by atoms with Gasteiger partial charge < -0.3 is 0 Å². The van der Waals surface area contributed by atoms with E-state index < -0.39 is 10.0 Å². The quantitative estimate of drug-likeness (QED) is 0.861. The summed E-state index contributed by atoms with van der Waals surface area (Å²) in [5.74, 6) is -0.270. The molecule has 0 bridgehead atoms. The minimum atomic E-state index is -3.53. The topological polar surface area (TPSA) is 63.2 Å². The summed E-state index contributed by atoms with van der Waals surface area (Å²) in [4.78, 5) is 12.4. The average Bonchev–Trinajstić information content (AvgIpc) is 2.75. The number of ketones is 1. The molecular formula is C11H17NO3S2. The third kappa shape index (κ3) is 3.90. The molecule has 1 heterocycles. The van der Waals surface area contributed by atoms with Crippen LogP contribution in [0.15, 0.2) is 16.3 Å². The van der Waals surface area contributed by atoms with Crippen LogP contribution in [0.2, 0.25) is 0 Å². The lowest BCUT2D eigenvalue weighted by Gasteiger charge is -2.05. The highest BCUT2D eigenvalue weighted by molar-refractivity contribution is 7.91. The Kier molecular flexibility index (Phi) is 4.85. The van der Waals surface area contributed by atoms with Crippen molar-refractivity contribution < 1.29 is 13.2 Å². The van der Waals surface area contributed by atoms with Crippen LogP contribution in [0, 0.1) is 5.92 Å². The molecule has 4 nitrogen and oxygen atoms in total. The summed E-state index contributed by atoms with van der Waals surface area (Å²) < 4.78 is 26.3. The zero-order valence-electron chi connectivity index (χ0n) is 10.2. The van der Waals surface area contributed by atoms with Crippen molar-refractivity contribution >= 4 is 27.1 Å². The van der Waals surface area contributed by atoms with Gasteiger partial charge in [-0.25, -0.2) is 13.1 Å². The molecule has 0 fully saturated rings. The molecule has 1 rings (SSSR count). The molecule has 0 saturated heterocycles. The van der Waals surface area contributed by atoms with Crippen LogP contribution in [0.3, 0.4) is 0 Å². The van der Waals surface area contributed by atoms with Crippen LogP contribution < -0.4 is 4.72 Å². The van der Waals surface area contributed by atoms with Crippen LogP contribution in [0.25, 0.3) is 0 Å². The van der Waals surface area contributed by atoms with Crippen LogP contribution in [0.5, 0.6) is 0 Å². The Morgan fingerprint density at radius 1 is 1.41 bits per heavy atom. The molecule has 0 spiro atoms. The number of rotatable bonds is 6. The number of nitrogens with one attached hydrogen (secondary N) is 1. The fourth-order valence-corrected chi connectivity index (χ4v) is 3.47. The van der Waals surface area contributed by atoms with Gasteiger partial charge in [0.1, 0.15) is 9.99 Å². The summed E-state index contributed by atoms with van der Waals surface area (Å²) in [5.41, 5.74) is 0. The van der Waals surface area contributed by atoms with Gasteiger partial charge in [0.05, 0.1) is 6.54 Å². The summed E-state index contributed by atoms with van der Waals surface area (Å²) in [6.45, 7) is 5.32. The molecule has 0 aliphatic rings. The van der Waals surface area contributed by atoms with Gasteiger partial charge in [-0.2, -0.15) is 0 Å². The molecule has 0 aromatic carbocycles. The molecule has 0 unspecified atom stereocenters. The number of hydrogen-bond acceptors (Lipinski definition) is 4. The number of hydrogen-bond donors (Lipinski definition) is 1. The minimum Gasteiger partial charge on any atom is -0.298 e. The van der Waals surface area contributed by atoms with Gasteiger partial charge >= 0.3 is 0 Å². The predicted octanol–water partition coefficient (Wildman–Crippen LogP) is 1.81. The molecule has 0 aliphatic heterocycles. The largest absolute Gasteiger partial charge is 0.298 e. The number of aryl methyl sites for hydroxylation is 1. The van der Waals surface area contributed by atoms with Crippen LogP contribution in [-0.2, 0) is 21.2 Å². The van der Waals surface area contributed by atoms with Crippen molar-refractivity contribution in [3.63, 3.8) is 0 Å². The Bertz CT molecular complexity index is 489. The maximum absolute atomic E-state index is 11.8. The Hall–Kier alpha value is -0.720. The Balaban J connectivity index is 2.72. The highest BCUT2D eigenvalue weighted by atomic mass is 32.2. The summed E-state index contributed by atoms with van der Waals surface area (Å²) in [5, 5.41) is 0. The van der Waals surface area contributed by atoms with Crippen LogP contribution in [-0.4, -0.2) is 20.7 Å². The third-order valence-corrected chi connectivity index (χ3v) is 5.45. The van der Waals surface area contributed by atoms with Gasteiger partial charge in [-0.15, -0.1) is 11.3 Å². The van der Waals surface area contributed by atoms with Gasteiger partial charge in [0.2, 0.25) is 10.0 Å². The van der Waals surface area contributed by atoms with E-state index in [4.69, 9.17) is 0 Å². The molecule has 1 N–H and O–H groups in total. The van der Waals surface area contributed by atoms with Crippen molar-refractivity contribution in [1.82, 2.24) is 4.72 Å². The van der Waals surface area contributed by atoms with E-state index in [0.29, 0.717) is 0 Å². The fourth-order valence-electron chi connectivity index (χ4n) is 1.13. The highest BCUT2D eigenvalue weighted by Crippen LogP contribution is 2.21. The first kappa shape index (κ1) is 14.3. The summed E-state index contributed by atoms with van der Waals surface area (Å²) in [7, 11) is -3.53. The van der Waals surface area contributed by atoms with Gasteiger partial charge in [-0.3, -0.25) is 4.79 Å². The van der Waals surface area contributed by atoms with Gasteiger partial charge in [0.25, 0.3) is 0 Å². The van der Waals surface area contributed by atoms with E-state index in [1.807, 2.05) is 6.92 Å².